The molecule has 4 heteroatoms. The Morgan fingerprint density at radius 2 is 0.762 bits per heavy atom. The topological polar surface area (TPSA) is 25.8 Å². The Morgan fingerprint density at radius 1 is 0.429 bits per heavy atom. The highest BCUT2D eigenvalue weighted by molar-refractivity contribution is 6.95. The van der Waals surface area contributed by atoms with Crippen LogP contribution in [-0.4, -0.2) is 34.0 Å². The van der Waals surface area contributed by atoms with Crippen molar-refractivity contribution in [2.24, 2.45) is 0 Å². The lowest BCUT2D eigenvalue weighted by molar-refractivity contribution is 1.27. The molecule has 0 amide bonds. The number of rotatable bonds is 5. The number of fused-ring (bicyclic) bond motifs is 2. The van der Waals surface area contributed by atoms with Gasteiger partial charge in [0.1, 0.15) is 0 Å². The van der Waals surface area contributed by atoms with Gasteiger partial charge >= 0.3 is 15.2 Å². The van der Waals surface area contributed by atoms with Crippen molar-refractivity contribution in [3.05, 3.63) is 163 Å². The number of hydrogen-bond acceptors (Lipinski definition) is 2. The number of aromatic nitrogens is 2. The van der Waals surface area contributed by atoms with Crippen molar-refractivity contribution < 1.29 is 0 Å². The molecule has 0 aliphatic rings. The van der Waals surface area contributed by atoms with Crippen LogP contribution in [0.1, 0.15) is 11.4 Å². The molecule has 7 rings (SSSR count). The molecule has 0 bridgehead atoms. The van der Waals surface area contributed by atoms with E-state index in [2.05, 4.69) is 153 Å². The predicted molar refractivity (Wildman–Crippen MR) is 182 cm³/mol. The van der Waals surface area contributed by atoms with E-state index in [1.54, 1.807) is 0 Å². The van der Waals surface area contributed by atoms with E-state index < -0.39 is 8.80 Å². The highest BCUT2D eigenvalue weighted by Gasteiger charge is 2.18. The van der Waals surface area contributed by atoms with Gasteiger partial charge in [-0.25, -0.2) is 0 Å². The molecule has 7 aromatic rings. The largest absolute Gasteiger partial charge is 0.304 e. The fraction of sp³-hybridized carbons (Fsp3) is 0.0526. The molecule has 0 unspecified atom stereocenters. The zero-order chi connectivity index (χ0) is 28.7. The van der Waals surface area contributed by atoms with E-state index in [4.69, 9.17) is 9.97 Å². The second-order valence-corrected chi connectivity index (χ2v) is 14.3. The van der Waals surface area contributed by atoms with E-state index in [0.717, 1.165) is 22.4 Å². The van der Waals surface area contributed by atoms with Crippen LogP contribution in [0.15, 0.2) is 152 Å². The molecular weight excluding hydrogens is 540 g/mol. The van der Waals surface area contributed by atoms with Crippen LogP contribution in [0.5, 0.6) is 0 Å². The fourth-order valence-corrected chi connectivity index (χ4v) is 9.22. The summed E-state index contributed by atoms with van der Waals surface area (Å²) >= 11 is -0.00874. The molecule has 0 aliphatic carbocycles. The van der Waals surface area contributed by atoms with Crippen molar-refractivity contribution in [1.29, 1.82) is 0 Å². The van der Waals surface area contributed by atoms with Crippen molar-refractivity contribution in [1.82, 2.24) is 9.97 Å². The molecule has 0 saturated heterocycles. The molecule has 2 nitrogen and oxygen atoms in total. The lowest BCUT2D eigenvalue weighted by atomic mass is 10.2. The zero-order valence-corrected chi connectivity index (χ0v) is 26.1. The first-order chi connectivity index (χ1) is 20.7. The van der Waals surface area contributed by atoms with Gasteiger partial charge in [0, 0.05) is 11.4 Å². The minimum absolute atomic E-state index is 0.00874. The summed E-state index contributed by atoms with van der Waals surface area (Å²) in [5.41, 5.74) is 4.40. The summed E-state index contributed by atoms with van der Waals surface area (Å²) in [7, 11) is -0.877. The molecule has 0 saturated carbocycles. The van der Waals surface area contributed by atoms with Crippen molar-refractivity contribution in [2.45, 2.75) is 13.8 Å². The van der Waals surface area contributed by atoms with Gasteiger partial charge in [-0.1, -0.05) is 164 Å². The third-order valence-corrected chi connectivity index (χ3v) is 11.9. The van der Waals surface area contributed by atoms with E-state index in [9.17, 15) is 0 Å². The van der Waals surface area contributed by atoms with Crippen molar-refractivity contribution >= 4 is 70.2 Å². The molecule has 0 atom stereocenters. The van der Waals surface area contributed by atoms with Gasteiger partial charge in [-0.05, 0) is 36.8 Å². The van der Waals surface area contributed by atoms with E-state index >= 15 is 0 Å². The Bertz CT molecular complexity index is 1750. The van der Waals surface area contributed by atoms with Crippen molar-refractivity contribution in [3.63, 3.8) is 0 Å². The highest BCUT2D eigenvalue weighted by atomic mass is 28.3. The van der Waals surface area contributed by atoms with E-state index in [0.29, 0.717) is 0 Å². The fourth-order valence-electron chi connectivity index (χ4n) is 5.23. The average molecular weight is 571 g/mol. The second-order valence-electron chi connectivity index (χ2n) is 10.3. The first kappa shape index (κ1) is 27.8. The van der Waals surface area contributed by atoms with Crippen LogP contribution in [0.25, 0.3) is 21.8 Å². The number of benzene rings is 5. The maximum Gasteiger partial charge on any atom is 0.304 e. The molecule has 2 heterocycles. The lowest BCUT2D eigenvalue weighted by Crippen LogP contribution is -2.51. The SMILES string of the molecule is Cc1nc2ccccc2c[c]1[Al][c]1cc2ccccc2nc1C.c1ccc([Si](c2ccccc2)c2ccccc2)cc1. The summed E-state index contributed by atoms with van der Waals surface area (Å²) in [6.45, 7) is 4.22. The summed E-state index contributed by atoms with van der Waals surface area (Å²) in [4.78, 5) is 9.53. The standard InChI is InChI=1S/C18H15Si.2C10H8N.Al/c1-4-10-16(11-5-1)19(17-12-6-2-7-13-17)18-14-8-3-9-15-18;2*1-8-6-7-9-4-2-3-5-10(9)11-8;/h1-15H;2*2-5,7H,1H3;. The third-order valence-electron chi connectivity index (χ3n) is 7.41. The molecule has 0 aliphatic heterocycles. The van der Waals surface area contributed by atoms with Gasteiger partial charge in [0.25, 0.3) is 0 Å². The molecule has 0 N–H and O–H groups in total. The van der Waals surface area contributed by atoms with Gasteiger partial charge in [-0.3, -0.25) is 9.97 Å². The summed E-state index contributed by atoms with van der Waals surface area (Å²) in [6, 6.07) is 53.7. The van der Waals surface area contributed by atoms with Gasteiger partial charge < -0.3 is 0 Å². The van der Waals surface area contributed by atoms with Gasteiger partial charge in [-0.15, -0.1) is 0 Å². The quantitative estimate of drug-likeness (QED) is 0.209. The van der Waals surface area contributed by atoms with Crippen molar-refractivity contribution in [2.75, 3.05) is 0 Å². The molecule has 0 spiro atoms. The Kier molecular flexibility index (Phi) is 8.68. The summed E-state index contributed by atoms with van der Waals surface area (Å²) in [5.74, 6) is 0. The van der Waals surface area contributed by atoms with Crippen LogP contribution in [0.4, 0.5) is 0 Å². The van der Waals surface area contributed by atoms with E-state index in [1.807, 2.05) is 12.1 Å². The molecular formula is C38H31AlN2Si. The molecule has 2 radical (unpaired) electrons. The summed E-state index contributed by atoms with van der Waals surface area (Å²) in [6.07, 6.45) is 0. The molecule has 0 fully saturated rings. The molecule has 5 aromatic carbocycles. The number of para-hydroxylation sites is 2. The number of hydrogen-bond donors (Lipinski definition) is 0. The van der Waals surface area contributed by atoms with Gasteiger partial charge in [0.05, 0.1) is 11.0 Å². The molecule has 2 aromatic heterocycles. The van der Waals surface area contributed by atoms with Crippen LogP contribution in [0.3, 0.4) is 0 Å². The molecule has 42 heavy (non-hydrogen) atoms. The van der Waals surface area contributed by atoms with Crippen LogP contribution < -0.4 is 24.4 Å². The maximum atomic E-state index is 4.76. The monoisotopic (exact) mass is 570 g/mol. The van der Waals surface area contributed by atoms with Gasteiger partial charge in [0.2, 0.25) is 0 Å². The van der Waals surface area contributed by atoms with Gasteiger partial charge in [-0.2, -0.15) is 0 Å². The number of pyridine rings is 2. The average Bonchev–Trinajstić information content (AvgIpc) is 3.04. The number of aryl methyl sites for hydroxylation is 2. The number of nitrogens with zero attached hydrogens (tertiary/aromatic N) is 2. The maximum absolute atomic E-state index is 4.76. The van der Waals surface area contributed by atoms with E-state index in [1.165, 1.54) is 35.2 Å². The Morgan fingerprint density at radius 3 is 1.14 bits per heavy atom. The second kappa shape index (κ2) is 13.1. The Balaban J connectivity index is 0.000000153. The summed E-state index contributed by atoms with van der Waals surface area (Å²) in [5, 5.41) is 6.73. The highest BCUT2D eigenvalue weighted by Crippen LogP contribution is 2.12. The minimum Gasteiger partial charge on any atom is -0.254 e. The van der Waals surface area contributed by atoms with Crippen LogP contribution in [0, 0.1) is 13.8 Å². The van der Waals surface area contributed by atoms with Crippen molar-refractivity contribution in [3.8, 4) is 0 Å². The normalized spacial score (nSPS) is 10.8. The lowest BCUT2D eigenvalue weighted by Gasteiger charge is -2.16. The first-order valence-electron chi connectivity index (χ1n) is 14.3. The third kappa shape index (κ3) is 6.43. The van der Waals surface area contributed by atoms with E-state index in [-0.39, 0.29) is 15.2 Å². The zero-order valence-electron chi connectivity index (χ0n) is 23.9. The Hall–Kier alpha value is -4.33. The minimum atomic E-state index is -0.877. The first-order valence-corrected chi connectivity index (χ1v) is 16.9. The van der Waals surface area contributed by atoms with Gasteiger partial charge in [0.15, 0.2) is 8.80 Å². The van der Waals surface area contributed by atoms with Crippen LogP contribution >= 0.6 is 0 Å². The van der Waals surface area contributed by atoms with Crippen LogP contribution in [0.2, 0.25) is 0 Å². The summed E-state index contributed by atoms with van der Waals surface area (Å²) < 4.78 is 2.70. The smallest absolute Gasteiger partial charge is 0.254 e. The molecule has 200 valence electrons. The van der Waals surface area contributed by atoms with Crippen LogP contribution in [-0.2, 0) is 0 Å². The Labute approximate surface area is 256 Å². The predicted octanol–water partition coefficient (Wildman–Crippen LogP) is 5.26.